The molecule has 2 aromatic rings. The molecule has 0 saturated carbocycles. The van der Waals surface area contributed by atoms with Gasteiger partial charge in [-0.05, 0) is 37.1 Å². The minimum atomic E-state index is -4.47. The highest BCUT2D eigenvalue weighted by atomic mass is 32.2. The second-order valence-corrected chi connectivity index (χ2v) is 7.69. The average Bonchev–Trinajstić information content (AvgIpc) is 2.60. The van der Waals surface area contributed by atoms with Crippen molar-refractivity contribution in [3.63, 3.8) is 0 Å². The van der Waals surface area contributed by atoms with E-state index < -0.39 is 10.1 Å². The summed E-state index contributed by atoms with van der Waals surface area (Å²) in [5.41, 5.74) is 0.402. The molecule has 0 saturated heterocycles. The lowest BCUT2D eigenvalue weighted by Gasteiger charge is -2.16. The summed E-state index contributed by atoms with van der Waals surface area (Å²) in [5.74, 6) is 0.399. The van der Waals surface area contributed by atoms with Crippen LogP contribution in [0.2, 0.25) is 0 Å². The Morgan fingerprint density at radius 2 is 1.58 bits per heavy atom. The van der Waals surface area contributed by atoms with Gasteiger partial charge in [0.15, 0.2) is 5.75 Å². The van der Waals surface area contributed by atoms with Gasteiger partial charge in [-0.1, -0.05) is 57.2 Å². The number of benzene rings is 2. The zero-order valence-corrected chi connectivity index (χ0v) is 15.8. The first-order valence-corrected chi connectivity index (χ1v) is 10.4. The molecule has 0 aromatic heterocycles. The third-order valence-corrected chi connectivity index (χ3v) is 5.10. The van der Waals surface area contributed by atoms with Gasteiger partial charge in [-0.3, -0.25) is 4.55 Å². The highest BCUT2D eigenvalue weighted by molar-refractivity contribution is 7.86. The molecule has 0 aliphatic carbocycles. The lowest BCUT2D eigenvalue weighted by atomic mass is 10.0. The van der Waals surface area contributed by atoms with Crippen molar-refractivity contribution in [2.75, 3.05) is 0 Å². The molecule has 2 N–H and O–H groups in total. The summed E-state index contributed by atoms with van der Waals surface area (Å²) in [6.07, 6.45) is 6.90. The highest BCUT2D eigenvalue weighted by Gasteiger charge is 2.23. The molecular weight excluding hydrogens is 352 g/mol. The van der Waals surface area contributed by atoms with Crippen LogP contribution in [0, 0.1) is 0 Å². The molecule has 0 spiro atoms. The summed E-state index contributed by atoms with van der Waals surface area (Å²) < 4.78 is 38.8. The molecule has 0 unspecified atom stereocenters. The number of unbranched alkanes of at least 4 members (excludes halogenated alkanes) is 5. The van der Waals surface area contributed by atoms with Gasteiger partial charge in [-0.15, -0.1) is 0 Å². The van der Waals surface area contributed by atoms with Crippen molar-refractivity contribution in [2.45, 2.75) is 56.8 Å². The van der Waals surface area contributed by atoms with E-state index >= 15 is 0 Å². The van der Waals surface area contributed by atoms with Crippen LogP contribution in [0.4, 0.5) is 0 Å². The molecule has 26 heavy (non-hydrogen) atoms. The quantitative estimate of drug-likeness (QED) is 0.431. The molecule has 2 rings (SSSR count). The van der Waals surface area contributed by atoms with Gasteiger partial charge in [0.05, 0.1) is 0 Å². The average molecular weight is 378 g/mol. The fourth-order valence-electron chi connectivity index (χ4n) is 2.84. The Bertz CT molecular complexity index is 800. The Balaban J connectivity index is 2.27. The number of phenols is 1. The van der Waals surface area contributed by atoms with E-state index in [-0.39, 0.29) is 16.4 Å². The van der Waals surface area contributed by atoms with Crippen LogP contribution in [0.15, 0.2) is 47.4 Å². The highest BCUT2D eigenvalue weighted by Crippen LogP contribution is 2.38. The van der Waals surface area contributed by atoms with E-state index in [1.807, 2.05) is 6.07 Å². The maximum Gasteiger partial charge on any atom is 0.298 e. The van der Waals surface area contributed by atoms with Gasteiger partial charge in [0, 0.05) is 5.56 Å². The first-order chi connectivity index (χ1) is 12.4. The standard InChI is InChI=1S/C20H26O5S/c1-2-3-4-5-6-10-13-17-18(21)14-15-19(26(22,23)24)20(17)25-16-11-8-7-9-12-16/h7-9,11-12,14-15,21H,2-6,10,13H2,1H3,(H,22,23,24). The molecule has 6 heteroatoms. The number of phenolic OH excluding ortho intramolecular Hbond substituents is 1. The minimum absolute atomic E-state index is 0.00717. The smallest absolute Gasteiger partial charge is 0.298 e. The van der Waals surface area contributed by atoms with Gasteiger partial charge in [0.25, 0.3) is 10.1 Å². The fraction of sp³-hybridized carbons (Fsp3) is 0.400. The van der Waals surface area contributed by atoms with E-state index in [0.29, 0.717) is 17.7 Å². The molecule has 0 amide bonds. The number of hydrogen-bond acceptors (Lipinski definition) is 4. The van der Waals surface area contributed by atoms with Crippen LogP contribution in [0.3, 0.4) is 0 Å². The summed E-state index contributed by atoms with van der Waals surface area (Å²) in [4.78, 5) is -0.333. The molecule has 0 atom stereocenters. The summed E-state index contributed by atoms with van der Waals surface area (Å²) in [5, 5.41) is 10.2. The molecule has 2 aromatic carbocycles. The molecule has 0 radical (unpaired) electrons. The Morgan fingerprint density at radius 3 is 2.23 bits per heavy atom. The van der Waals surface area contributed by atoms with Crippen molar-refractivity contribution >= 4 is 10.1 Å². The van der Waals surface area contributed by atoms with Crippen molar-refractivity contribution in [3.8, 4) is 17.2 Å². The van der Waals surface area contributed by atoms with Crippen LogP contribution >= 0.6 is 0 Å². The zero-order valence-electron chi connectivity index (χ0n) is 15.0. The number of ether oxygens (including phenoxy) is 1. The van der Waals surface area contributed by atoms with Gasteiger partial charge >= 0.3 is 0 Å². The van der Waals surface area contributed by atoms with E-state index in [1.54, 1.807) is 24.3 Å². The van der Waals surface area contributed by atoms with Crippen molar-refractivity contribution in [2.24, 2.45) is 0 Å². The SMILES string of the molecule is CCCCCCCCc1c(O)ccc(S(=O)(=O)O)c1Oc1ccccc1. The molecule has 0 aliphatic heterocycles. The fourth-order valence-corrected chi connectivity index (χ4v) is 3.48. The maximum atomic E-state index is 11.7. The lowest BCUT2D eigenvalue weighted by Crippen LogP contribution is -2.04. The molecule has 0 heterocycles. The third kappa shape index (κ3) is 5.75. The van der Waals surface area contributed by atoms with Crippen molar-refractivity contribution in [1.29, 1.82) is 0 Å². The summed E-state index contributed by atoms with van der Waals surface area (Å²) in [6.45, 7) is 2.16. The summed E-state index contributed by atoms with van der Waals surface area (Å²) in [6, 6.07) is 11.2. The van der Waals surface area contributed by atoms with E-state index in [1.165, 1.54) is 25.3 Å². The van der Waals surface area contributed by atoms with Crippen LogP contribution < -0.4 is 4.74 Å². The van der Waals surface area contributed by atoms with E-state index in [0.717, 1.165) is 25.3 Å². The predicted molar refractivity (Wildman–Crippen MR) is 102 cm³/mol. The first-order valence-electron chi connectivity index (χ1n) is 8.98. The number of hydrogen-bond donors (Lipinski definition) is 2. The van der Waals surface area contributed by atoms with Gasteiger partial charge in [-0.2, -0.15) is 8.42 Å². The van der Waals surface area contributed by atoms with Crippen molar-refractivity contribution in [3.05, 3.63) is 48.0 Å². The van der Waals surface area contributed by atoms with Crippen LogP contribution in [0.1, 0.15) is 51.0 Å². The van der Waals surface area contributed by atoms with E-state index in [9.17, 15) is 18.1 Å². The van der Waals surface area contributed by atoms with Gasteiger partial charge in [0.2, 0.25) is 0 Å². The molecule has 0 fully saturated rings. The number of aromatic hydroxyl groups is 1. The van der Waals surface area contributed by atoms with Gasteiger partial charge in [-0.25, -0.2) is 0 Å². The largest absolute Gasteiger partial charge is 0.508 e. The Kier molecular flexibility index (Phi) is 7.48. The molecule has 5 nitrogen and oxygen atoms in total. The topological polar surface area (TPSA) is 83.8 Å². The normalized spacial score (nSPS) is 11.5. The monoisotopic (exact) mass is 378 g/mol. The summed E-state index contributed by atoms with van der Waals surface area (Å²) >= 11 is 0. The summed E-state index contributed by atoms with van der Waals surface area (Å²) in [7, 11) is -4.47. The Morgan fingerprint density at radius 1 is 0.923 bits per heavy atom. The van der Waals surface area contributed by atoms with Crippen LogP contribution in [-0.4, -0.2) is 18.1 Å². The second kappa shape index (κ2) is 9.59. The van der Waals surface area contributed by atoms with Crippen LogP contribution in [-0.2, 0) is 16.5 Å². The van der Waals surface area contributed by atoms with Crippen LogP contribution in [0.5, 0.6) is 17.2 Å². The Labute approximate surface area is 155 Å². The van der Waals surface area contributed by atoms with Crippen molar-refractivity contribution in [1.82, 2.24) is 0 Å². The molecule has 0 aliphatic rings. The molecule has 0 bridgehead atoms. The number of para-hydroxylation sites is 1. The third-order valence-electron chi connectivity index (χ3n) is 4.22. The van der Waals surface area contributed by atoms with E-state index in [4.69, 9.17) is 4.74 Å². The molecular formula is C20H26O5S. The lowest BCUT2D eigenvalue weighted by molar-refractivity contribution is 0.425. The first kappa shape index (κ1) is 20.3. The zero-order chi connectivity index (χ0) is 19.0. The Hall–Kier alpha value is -2.05. The van der Waals surface area contributed by atoms with E-state index in [2.05, 4.69) is 6.92 Å². The minimum Gasteiger partial charge on any atom is -0.508 e. The second-order valence-electron chi connectivity index (χ2n) is 6.30. The van der Waals surface area contributed by atoms with Gasteiger partial charge < -0.3 is 9.84 Å². The maximum absolute atomic E-state index is 11.7. The van der Waals surface area contributed by atoms with Gasteiger partial charge in [0.1, 0.15) is 16.4 Å². The van der Waals surface area contributed by atoms with Crippen molar-refractivity contribution < 1.29 is 22.8 Å². The molecule has 142 valence electrons. The number of rotatable bonds is 10. The predicted octanol–water partition coefficient (Wildman–Crippen LogP) is 5.33. The van der Waals surface area contributed by atoms with Crippen LogP contribution in [0.25, 0.3) is 0 Å².